The molecule has 0 aromatic heterocycles. The predicted octanol–water partition coefficient (Wildman–Crippen LogP) is 2.12. The Balaban J connectivity index is 1.45. The topological polar surface area (TPSA) is 83.1 Å². The first-order valence-electron chi connectivity index (χ1n) is 9.50. The number of ether oxygens (including phenoxy) is 2. The minimum absolute atomic E-state index is 0.0806. The summed E-state index contributed by atoms with van der Waals surface area (Å²) in [5.41, 5.74) is 0.719. The second-order valence-corrected chi connectivity index (χ2v) is 6.81. The van der Waals surface area contributed by atoms with Gasteiger partial charge in [-0.05, 0) is 43.5 Å². The van der Waals surface area contributed by atoms with Crippen LogP contribution in [0, 0.1) is 0 Å². The van der Waals surface area contributed by atoms with E-state index in [4.69, 9.17) is 9.47 Å². The third kappa shape index (κ3) is 5.50. The lowest BCUT2D eigenvalue weighted by Gasteiger charge is -2.23. The standard InChI is InChI=1S/C19H28N4O4/c1-26-16-7-5-15(6-8-16)21-19(25)23-10-3-9-22(11-12-23)18(24)20-14-17-4-2-13-27-17/h5-8,17H,2-4,9-14H2,1H3,(H,20,24)(H,21,25). The Morgan fingerprint density at radius 2 is 1.78 bits per heavy atom. The van der Waals surface area contributed by atoms with Gasteiger partial charge >= 0.3 is 12.1 Å². The average molecular weight is 376 g/mol. The molecule has 0 spiro atoms. The molecule has 27 heavy (non-hydrogen) atoms. The smallest absolute Gasteiger partial charge is 0.321 e. The molecule has 148 valence electrons. The van der Waals surface area contributed by atoms with Gasteiger partial charge in [-0.3, -0.25) is 0 Å². The third-order valence-electron chi connectivity index (χ3n) is 4.92. The Morgan fingerprint density at radius 1 is 1.07 bits per heavy atom. The van der Waals surface area contributed by atoms with Crippen molar-refractivity contribution < 1.29 is 19.1 Å². The second-order valence-electron chi connectivity index (χ2n) is 6.81. The first kappa shape index (κ1) is 19.3. The minimum atomic E-state index is -0.151. The van der Waals surface area contributed by atoms with Crippen LogP contribution in [-0.4, -0.2) is 74.4 Å². The molecule has 2 fully saturated rings. The van der Waals surface area contributed by atoms with Crippen LogP contribution in [0.1, 0.15) is 19.3 Å². The van der Waals surface area contributed by atoms with E-state index in [-0.39, 0.29) is 18.2 Å². The van der Waals surface area contributed by atoms with Crippen molar-refractivity contribution >= 4 is 17.7 Å². The van der Waals surface area contributed by atoms with Crippen molar-refractivity contribution in [3.05, 3.63) is 24.3 Å². The van der Waals surface area contributed by atoms with E-state index in [9.17, 15) is 9.59 Å². The van der Waals surface area contributed by atoms with E-state index in [1.54, 1.807) is 41.2 Å². The highest BCUT2D eigenvalue weighted by molar-refractivity contribution is 5.89. The summed E-state index contributed by atoms with van der Waals surface area (Å²) in [6.45, 7) is 3.63. The van der Waals surface area contributed by atoms with Gasteiger partial charge in [0.25, 0.3) is 0 Å². The van der Waals surface area contributed by atoms with Crippen LogP contribution in [-0.2, 0) is 4.74 Å². The number of carbonyl (C=O) groups excluding carboxylic acids is 2. The quantitative estimate of drug-likeness (QED) is 0.843. The van der Waals surface area contributed by atoms with Crippen LogP contribution in [0.15, 0.2) is 24.3 Å². The number of carbonyl (C=O) groups is 2. The number of nitrogens with one attached hydrogen (secondary N) is 2. The number of rotatable bonds is 4. The van der Waals surface area contributed by atoms with E-state index in [0.717, 1.165) is 37.3 Å². The molecule has 2 aliphatic heterocycles. The third-order valence-corrected chi connectivity index (χ3v) is 4.92. The molecule has 3 rings (SSSR count). The van der Waals surface area contributed by atoms with Gasteiger partial charge in [-0.2, -0.15) is 0 Å². The molecule has 1 unspecified atom stereocenters. The second kappa shape index (κ2) is 9.45. The summed E-state index contributed by atoms with van der Waals surface area (Å²) in [6.07, 6.45) is 2.94. The van der Waals surface area contributed by atoms with E-state index < -0.39 is 0 Å². The highest BCUT2D eigenvalue weighted by Gasteiger charge is 2.23. The maximum absolute atomic E-state index is 12.5. The first-order valence-corrected chi connectivity index (χ1v) is 9.50. The predicted molar refractivity (Wildman–Crippen MR) is 102 cm³/mol. The van der Waals surface area contributed by atoms with E-state index in [2.05, 4.69) is 10.6 Å². The summed E-state index contributed by atoms with van der Waals surface area (Å²) in [5.74, 6) is 0.743. The van der Waals surface area contributed by atoms with Gasteiger partial charge in [0.15, 0.2) is 0 Å². The molecule has 2 N–H and O–H groups in total. The van der Waals surface area contributed by atoms with Crippen molar-refractivity contribution in [2.45, 2.75) is 25.4 Å². The Morgan fingerprint density at radius 3 is 2.41 bits per heavy atom. The van der Waals surface area contributed by atoms with Crippen molar-refractivity contribution in [1.82, 2.24) is 15.1 Å². The molecule has 8 heteroatoms. The zero-order valence-corrected chi connectivity index (χ0v) is 15.8. The van der Waals surface area contributed by atoms with Crippen molar-refractivity contribution in [2.75, 3.05) is 51.8 Å². The van der Waals surface area contributed by atoms with E-state index in [1.165, 1.54) is 0 Å². The van der Waals surface area contributed by atoms with Crippen molar-refractivity contribution in [3.8, 4) is 5.75 Å². The Hall–Kier alpha value is -2.48. The number of urea groups is 2. The summed E-state index contributed by atoms with van der Waals surface area (Å²) in [4.78, 5) is 28.4. The van der Waals surface area contributed by atoms with E-state index in [0.29, 0.717) is 32.7 Å². The Kier molecular flexibility index (Phi) is 6.75. The molecule has 2 saturated heterocycles. The summed E-state index contributed by atoms with van der Waals surface area (Å²) >= 11 is 0. The largest absolute Gasteiger partial charge is 0.497 e. The van der Waals surface area contributed by atoms with Gasteiger partial charge in [-0.15, -0.1) is 0 Å². The zero-order valence-electron chi connectivity index (χ0n) is 15.8. The number of benzene rings is 1. The van der Waals surface area contributed by atoms with Crippen molar-refractivity contribution in [1.29, 1.82) is 0 Å². The zero-order chi connectivity index (χ0) is 19.1. The van der Waals surface area contributed by atoms with E-state index >= 15 is 0 Å². The van der Waals surface area contributed by atoms with Crippen LogP contribution in [0.4, 0.5) is 15.3 Å². The first-order chi connectivity index (χ1) is 13.2. The van der Waals surface area contributed by atoms with Gasteiger partial charge in [0.2, 0.25) is 0 Å². The normalized spacial score (nSPS) is 20.1. The lowest BCUT2D eigenvalue weighted by atomic mass is 10.2. The minimum Gasteiger partial charge on any atom is -0.497 e. The number of methoxy groups -OCH3 is 1. The Bertz CT molecular complexity index is 631. The lowest BCUT2D eigenvalue weighted by molar-refractivity contribution is 0.109. The van der Waals surface area contributed by atoms with Gasteiger partial charge in [-0.1, -0.05) is 0 Å². The Labute approximate surface area is 159 Å². The molecule has 8 nitrogen and oxygen atoms in total. The molecular weight excluding hydrogens is 348 g/mol. The van der Waals surface area contributed by atoms with Crippen LogP contribution < -0.4 is 15.4 Å². The lowest BCUT2D eigenvalue weighted by Crippen LogP contribution is -2.45. The van der Waals surface area contributed by atoms with Gasteiger partial charge in [-0.25, -0.2) is 9.59 Å². The molecule has 2 aliphatic rings. The number of hydrogen-bond donors (Lipinski definition) is 2. The van der Waals surface area contributed by atoms with Gasteiger partial charge in [0, 0.05) is 45.0 Å². The van der Waals surface area contributed by atoms with Crippen LogP contribution in [0.2, 0.25) is 0 Å². The fraction of sp³-hybridized carbons (Fsp3) is 0.579. The number of amides is 4. The maximum Gasteiger partial charge on any atom is 0.321 e. The summed E-state index contributed by atoms with van der Waals surface area (Å²) in [5, 5.41) is 5.84. The van der Waals surface area contributed by atoms with Gasteiger partial charge < -0.3 is 29.9 Å². The SMILES string of the molecule is COc1ccc(NC(=O)N2CCCN(C(=O)NCC3CCCO3)CC2)cc1. The molecule has 0 saturated carbocycles. The monoisotopic (exact) mass is 376 g/mol. The molecule has 0 bridgehead atoms. The fourth-order valence-corrected chi connectivity index (χ4v) is 3.32. The number of hydrogen-bond acceptors (Lipinski definition) is 4. The molecule has 1 aromatic carbocycles. The van der Waals surface area contributed by atoms with Crippen LogP contribution >= 0.6 is 0 Å². The fourth-order valence-electron chi connectivity index (χ4n) is 3.32. The summed E-state index contributed by atoms with van der Waals surface area (Å²) < 4.78 is 10.7. The van der Waals surface area contributed by atoms with Crippen molar-refractivity contribution in [3.63, 3.8) is 0 Å². The molecule has 4 amide bonds. The molecule has 1 atom stereocenters. The van der Waals surface area contributed by atoms with Crippen molar-refractivity contribution in [2.24, 2.45) is 0 Å². The van der Waals surface area contributed by atoms with Crippen LogP contribution in [0.5, 0.6) is 5.75 Å². The van der Waals surface area contributed by atoms with Gasteiger partial charge in [0.1, 0.15) is 5.75 Å². The molecule has 0 aliphatic carbocycles. The molecule has 2 heterocycles. The van der Waals surface area contributed by atoms with Gasteiger partial charge in [0.05, 0.1) is 13.2 Å². The highest BCUT2D eigenvalue weighted by atomic mass is 16.5. The van der Waals surface area contributed by atoms with E-state index in [1.807, 2.05) is 0 Å². The highest BCUT2D eigenvalue weighted by Crippen LogP contribution is 2.16. The summed E-state index contributed by atoms with van der Waals surface area (Å²) in [7, 11) is 1.60. The van der Waals surface area contributed by atoms with Crippen LogP contribution in [0.25, 0.3) is 0 Å². The summed E-state index contributed by atoms with van der Waals surface area (Å²) in [6, 6.07) is 6.99. The molecule has 0 radical (unpaired) electrons. The average Bonchev–Trinajstić information content (AvgIpc) is 3.09. The molecular formula is C19H28N4O4. The maximum atomic E-state index is 12.5. The van der Waals surface area contributed by atoms with Crippen LogP contribution in [0.3, 0.4) is 0 Å². The molecule has 1 aromatic rings. The number of anilines is 1. The number of nitrogens with zero attached hydrogens (tertiary/aromatic N) is 2.